The molecular weight excluding hydrogens is 260 g/mol. The van der Waals surface area contributed by atoms with E-state index in [1.54, 1.807) is 18.7 Å². The van der Waals surface area contributed by atoms with Crippen molar-refractivity contribution in [1.82, 2.24) is 0 Å². The van der Waals surface area contributed by atoms with Crippen LogP contribution in [0.25, 0.3) is 6.08 Å². The van der Waals surface area contributed by atoms with Crippen LogP contribution in [-0.4, -0.2) is 28.0 Å². The minimum Gasteiger partial charge on any atom is -0.481 e. The van der Waals surface area contributed by atoms with Crippen LogP contribution in [0, 0.1) is 6.92 Å². The van der Waals surface area contributed by atoms with Crippen molar-refractivity contribution >= 4 is 23.8 Å². The molecule has 1 saturated heterocycles. The lowest BCUT2D eigenvalue weighted by atomic mass is 9.96. The molecule has 3 nitrogen and oxygen atoms in total. The molecule has 2 N–H and O–H groups in total. The lowest BCUT2D eigenvalue weighted by Gasteiger charge is -2.10. The molecule has 1 aliphatic heterocycles. The third-order valence-corrected chi connectivity index (χ3v) is 4.61. The molecule has 102 valence electrons. The molecule has 0 spiro atoms. The molecule has 1 heterocycles. The molecule has 0 bridgehead atoms. The summed E-state index contributed by atoms with van der Waals surface area (Å²) in [7, 11) is 0. The third-order valence-electron chi connectivity index (χ3n) is 3.45. The Kier molecular flexibility index (Phi) is 4.32. The second-order valence-electron chi connectivity index (χ2n) is 4.88. The Morgan fingerprint density at radius 1 is 1.53 bits per heavy atom. The molecule has 19 heavy (non-hydrogen) atoms. The monoisotopic (exact) mass is 278 g/mol. The predicted octanol–water partition coefficient (Wildman–Crippen LogP) is 3.02. The molecule has 0 saturated carbocycles. The number of aliphatic hydroxyl groups excluding tert-OH is 1. The van der Waals surface area contributed by atoms with E-state index in [0.717, 1.165) is 33.8 Å². The second-order valence-corrected chi connectivity index (χ2v) is 6.04. The van der Waals surface area contributed by atoms with E-state index in [4.69, 9.17) is 5.11 Å². The first-order valence-electron chi connectivity index (χ1n) is 6.35. The zero-order valence-electron chi connectivity index (χ0n) is 11.1. The molecule has 2 atom stereocenters. The van der Waals surface area contributed by atoms with Gasteiger partial charge in [-0.05, 0) is 43.0 Å². The van der Waals surface area contributed by atoms with Crippen molar-refractivity contribution in [3.8, 4) is 0 Å². The molecular formula is C15H18O3S. The van der Waals surface area contributed by atoms with Gasteiger partial charge in [0.25, 0.3) is 0 Å². The highest BCUT2D eigenvalue weighted by atomic mass is 32.2. The second kappa shape index (κ2) is 5.80. The highest BCUT2D eigenvalue weighted by molar-refractivity contribution is 8.03. The van der Waals surface area contributed by atoms with Crippen LogP contribution in [0.2, 0.25) is 0 Å². The van der Waals surface area contributed by atoms with Gasteiger partial charge in [0.15, 0.2) is 0 Å². The predicted molar refractivity (Wildman–Crippen MR) is 78.3 cm³/mol. The van der Waals surface area contributed by atoms with Crippen LogP contribution in [0.1, 0.15) is 36.0 Å². The summed E-state index contributed by atoms with van der Waals surface area (Å²) < 4.78 is 0. The van der Waals surface area contributed by atoms with Gasteiger partial charge in [-0.2, -0.15) is 0 Å². The van der Waals surface area contributed by atoms with Crippen molar-refractivity contribution in [3.63, 3.8) is 0 Å². The lowest BCUT2D eigenvalue weighted by molar-refractivity contribution is -0.138. The average Bonchev–Trinajstić information content (AvgIpc) is 2.76. The number of benzene rings is 1. The molecule has 1 aromatic carbocycles. The fourth-order valence-electron chi connectivity index (χ4n) is 2.09. The van der Waals surface area contributed by atoms with Gasteiger partial charge in [0.1, 0.15) is 0 Å². The fourth-order valence-corrected chi connectivity index (χ4v) is 3.19. The van der Waals surface area contributed by atoms with Gasteiger partial charge in [-0.1, -0.05) is 18.2 Å². The number of aliphatic carboxylic acids is 1. The largest absolute Gasteiger partial charge is 0.481 e. The number of aryl methyl sites for hydroxylation is 1. The van der Waals surface area contributed by atoms with Crippen molar-refractivity contribution in [2.24, 2.45) is 0 Å². The highest BCUT2D eigenvalue weighted by Gasteiger charge is 2.19. The van der Waals surface area contributed by atoms with Gasteiger partial charge in [0.05, 0.1) is 12.0 Å². The highest BCUT2D eigenvalue weighted by Crippen LogP contribution is 2.33. The third kappa shape index (κ3) is 3.19. The van der Waals surface area contributed by atoms with E-state index < -0.39 is 11.9 Å². The lowest BCUT2D eigenvalue weighted by Crippen LogP contribution is -2.07. The zero-order valence-corrected chi connectivity index (χ0v) is 11.9. The van der Waals surface area contributed by atoms with Crippen LogP contribution in [0.15, 0.2) is 23.1 Å². The van der Waals surface area contributed by atoms with E-state index >= 15 is 0 Å². The maximum Gasteiger partial charge on any atom is 0.310 e. The molecule has 0 aliphatic carbocycles. The van der Waals surface area contributed by atoms with Crippen LogP contribution in [0.3, 0.4) is 0 Å². The van der Waals surface area contributed by atoms with Gasteiger partial charge < -0.3 is 10.2 Å². The van der Waals surface area contributed by atoms with Gasteiger partial charge in [-0.25, -0.2) is 0 Å². The Labute approximate surface area is 117 Å². The Bertz CT molecular complexity index is 522. The van der Waals surface area contributed by atoms with Crippen LogP contribution >= 0.6 is 11.8 Å². The number of carboxylic acids is 1. The van der Waals surface area contributed by atoms with Crippen molar-refractivity contribution in [3.05, 3.63) is 39.8 Å². The first-order valence-corrected chi connectivity index (χ1v) is 7.33. The summed E-state index contributed by atoms with van der Waals surface area (Å²) in [5.41, 5.74) is 2.90. The maximum atomic E-state index is 11.0. The van der Waals surface area contributed by atoms with E-state index in [-0.39, 0.29) is 6.10 Å². The molecule has 1 aromatic rings. The van der Waals surface area contributed by atoms with E-state index in [1.807, 2.05) is 31.2 Å². The normalized spacial score (nSPS) is 22.7. The topological polar surface area (TPSA) is 57.5 Å². The summed E-state index contributed by atoms with van der Waals surface area (Å²) in [6.07, 6.45) is 2.47. The first kappa shape index (κ1) is 14.2. The number of carbonyl (C=O) groups is 1. The molecule has 1 aliphatic rings. The van der Waals surface area contributed by atoms with E-state index in [1.165, 1.54) is 0 Å². The van der Waals surface area contributed by atoms with Gasteiger partial charge in [-0.15, -0.1) is 11.8 Å². The molecule has 0 aromatic heterocycles. The molecule has 0 amide bonds. The molecule has 4 heteroatoms. The van der Waals surface area contributed by atoms with Crippen LogP contribution in [0.5, 0.6) is 0 Å². The van der Waals surface area contributed by atoms with Crippen molar-refractivity contribution in [2.75, 3.05) is 5.75 Å². The fraction of sp³-hybridized carbons (Fsp3) is 0.400. The first-order chi connectivity index (χ1) is 8.99. The number of aliphatic hydroxyl groups is 1. The van der Waals surface area contributed by atoms with Crippen molar-refractivity contribution in [1.29, 1.82) is 0 Å². The smallest absolute Gasteiger partial charge is 0.310 e. The number of hydrogen-bond acceptors (Lipinski definition) is 3. The molecule has 2 unspecified atom stereocenters. The number of rotatable bonds is 3. The van der Waals surface area contributed by atoms with Crippen molar-refractivity contribution in [2.45, 2.75) is 32.3 Å². The van der Waals surface area contributed by atoms with E-state index in [0.29, 0.717) is 0 Å². The van der Waals surface area contributed by atoms with Gasteiger partial charge in [0.2, 0.25) is 0 Å². The number of hydrogen-bond donors (Lipinski definition) is 2. The summed E-state index contributed by atoms with van der Waals surface area (Å²) >= 11 is 1.69. The average molecular weight is 278 g/mol. The summed E-state index contributed by atoms with van der Waals surface area (Å²) in [6, 6.07) is 5.70. The standard InChI is InChI=1S/C15H18O3S/c1-9-7-12(10(2)15(17)18)4-3-11(9)8-14-13(16)5-6-19-14/h3-4,7-8,10,13,16H,5-6H2,1-2H3,(H,17,18)/b14-8-. The Balaban J connectivity index is 2.27. The van der Waals surface area contributed by atoms with Crippen molar-refractivity contribution < 1.29 is 15.0 Å². The summed E-state index contributed by atoms with van der Waals surface area (Å²) in [5.74, 6) is -0.348. The maximum absolute atomic E-state index is 11.0. The van der Waals surface area contributed by atoms with Gasteiger partial charge in [0, 0.05) is 10.7 Å². The molecule has 2 rings (SSSR count). The number of thioether (sulfide) groups is 1. The van der Waals surface area contributed by atoms with Crippen LogP contribution < -0.4 is 0 Å². The summed E-state index contributed by atoms with van der Waals surface area (Å²) in [5, 5.41) is 18.8. The molecule has 0 radical (unpaired) electrons. The van der Waals surface area contributed by atoms with Gasteiger partial charge in [-0.3, -0.25) is 4.79 Å². The van der Waals surface area contributed by atoms with Crippen LogP contribution in [0.4, 0.5) is 0 Å². The Morgan fingerprint density at radius 2 is 2.26 bits per heavy atom. The minimum atomic E-state index is -0.813. The number of carboxylic acid groups (broad SMARTS) is 1. The summed E-state index contributed by atoms with van der Waals surface area (Å²) in [6.45, 7) is 3.66. The van der Waals surface area contributed by atoms with E-state index in [2.05, 4.69) is 0 Å². The SMILES string of the molecule is Cc1cc(C(C)C(=O)O)ccc1/C=C1\SCCC1O. The zero-order chi connectivity index (χ0) is 14.0. The Hall–Kier alpha value is -1.26. The molecule has 1 fully saturated rings. The Morgan fingerprint density at radius 3 is 2.79 bits per heavy atom. The van der Waals surface area contributed by atoms with Gasteiger partial charge >= 0.3 is 5.97 Å². The minimum absolute atomic E-state index is 0.345. The quantitative estimate of drug-likeness (QED) is 0.892. The van der Waals surface area contributed by atoms with Crippen LogP contribution in [-0.2, 0) is 4.79 Å². The summed E-state index contributed by atoms with van der Waals surface area (Å²) in [4.78, 5) is 12.0. The van der Waals surface area contributed by atoms with E-state index in [9.17, 15) is 9.90 Å².